The van der Waals surface area contributed by atoms with Crippen molar-refractivity contribution in [3.05, 3.63) is 71.5 Å². The molecule has 0 aliphatic rings. The number of ether oxygens (including phenoxy) is 1. The maximum absolute atomic E-state index is 5.89. The van der Waals surface area contributed by atoms with E-state index in [9.17, 15) is 0 Å². The first-order valence-electron chi connectivity index (χ1n) is 7.45. The number of aromatic nitrogens is 2. The molecule has 122 valence electrons. The summed E-state index contributed by atoms with van der Waals surface area (Å²) in [6.07, 6.45) is 1.52. The molecule has 0 fully saturated rings. The SMILES string of the molecule is COc1ccccc1CNc1cc(Nc2ccc(Cl)cc2)ncn1. The molecule has 0 bridgehead atoms. The van der Waals surface area contributed by atoms with Crippen molar-refractivity contribution in [2.75, 3.05) is 17.7 Å². The van der Waals surface area contributed by atoms with Crippen LogP contribution in [0.1, 0.15) is 5.56 Å². The second kappa shape index (κ2) is 7.66. The fourth-order valence-electron chi connectivity index (χ4n) is 2.24. The summed E-state index contributed by atoms with van der Waals surface area (Å²) in [4.78, 5) is 8.47. The van der Waals surface area contributed by atoms with Crippen molar-refractivity contribution < 1.29 is 4.74 Å². The van der Waals surface area contributed by atoms with Crippen LogP contribution in [0.4, 0.5) is 17.3 Å². The minimum atomic E-state index is 0.613. The van der Waals surface area contributed by atoms with Crippen LogP contribution in [0.2, 0.25) is 5.02 Å². The zero-order chi connectivity index (χ0) is 16.8. The van der Waals surface area contributed by atoms with Crippen molar-refractivity contribution in [3.63, 3.8) is 0 Å². The molecule has 0 amide bonds. The van der Waals surface area contributed by atoms with Gasteiger partial charge in [0.1, 0.15) is 23.7 Å². The Labute approximate surface area is 145 Å². The third kappa shape index (κ3) is 4.14. The van der Waals surface area contributed by atoms with Gasteiger partial charge in [0.05, 0.1) is 7.11 Å². The Balaban J connectivity index is 1.68. The Kier molecular flexibility index (Phi) is 5.13. The second-order valence-corrected chi connectivity index (χ2v) is 5.52. The minimum absolute atomic E-state index is 0.613. The third-order valence-electron chi connectivity index (χ3n) is 3.44. The number of rotatable bonds is 6. The Hall–Kier alpha value is -2.79. The first kappa shape index (κ1) is 16.1. The maximum Gasteiger partial charge on any atom is 0.135 e. The van der Waals surface area contributed by atoms with Gasteiger partial charge in [-0.3, -0.25) is 0 Å². The number of halogens is 1. The smallest absolute Gasteiger partial charge is 0.135 e. The lowest BCUT2D eigenvalue weighted by Gasteiger charge is -2.11. The van der Waals surface area contributed by atoms with Crippen molar-refractivity contribution >= 4 is 28.9 Å². The summed E-state index contributed by atoms with van der Waals surface area (Å²) in [7, 11) is 1.66. The van der Waals surface area contributed by atoms with Crippen molar-refractivity contribution in [3.8, 4) is 5.75 Å². The van der Waals surface area contributed by atoms with Gasteiger partial charge in [-0.1, -0.05) is 29.8 Å². The third-order valence-corrected chi connectivity index (χ3v) is 3.69. The number of nitrogens with one attached hydrogen (secondary N) is 2. The molecule has 0 spiro atoms. The van der Waals surface area contributed by atoms with Gasteiger partial charge in [0.25, 0.3) is 0 Å². The van der Waals surface area contributed by atoms with Crippen molar-refractivity contribution in [1.29, 1.82) is 0 Å². The fourth-order valence-corrected chi connectivity index (χ4v) is 2.36. The number of para-hydroxylation sites is 1. The highest BCUT2D eigenvalue weighted by Crippen LogP contribution is 2.21. The lowest BCUT2D eigenvalue weighted by Crippen LogP contribution is -2.04. The van der Waals surface area contributed by atoms with Crippen LogP contribution in [-0.4, -0.2) is 17.1 Å². The summed E-state index contributed by atoms with van der Waals surface area (Å²) in [5, 5.41) is 7.19. The van der Waals surface area contributed by atoms with E-state index in [-0.39, 0.29) is 0 Å². The molecule has 6 heteroatoms. The van der Waals surface area contributed by atoms with E-state index in [1.54, 1.807) is 7.11 Å². The second-order valence-electron chi connectivity index (χ2n) is 5.09. The summed E-state index contributed by atoms with van der Waals surface area (Å²) in [6, 6.07) is 17.2. The van der Waals surface area contributed by atoms with Crippen molar-refractivity contribution in [2.24, 2.45) is 0 Å². The molecule has 24 heavy (non-hydrogen) atoms. The topological polar surface area (TPSA) is 59.1 Å². The summed E-state index contributed by atoms with van der Waals surface area (Å²) in [5.41, 5.74) is 1.97. The van der Waals surface area contributed by atoms with E-state index in [0.29, 0.717) is 17.4 Å². The number of hydrogen-bond acceptors (Lipinski definition) is 5. The zero-order valence-corrected chi connectivity index (χ0v) is 13.9. The molecule has 2 aromatic carbocycles. The number of anilines is 3. The van der Waals surface area contributed by atoms with Crippen molar-refractivity contribution in [2.45, 2.75) is 6.54 Å². The molecule has 0 radical (unpaired) electrons. The fraction of sp³-hybridized carbons (Fsp3) is 0.111. The number of nitrogens with zero attached hydrogens (tertiary/aromatic N) is 2. The number of benzene rings is 2. The molecule has 0 aliphatic carbocycles. The summed E-state index contributed by atoms with van der Waals surface area (Å²) < 4.78 is 5.35. The quantitative estimate of drug-likeness (QED) is 0.692. The molecule has 0 atom stereocenters. The highest BCUT2D eigenvalue weighted by Gasteiger charge is 2.03. The van der Waals surface area contributed by atoms with Crippen molar-refractivity contribution in [1.82, 2.24) is 9.97 Å². The molecule has 5 nitrogen and oxygen atoms in total. The van der Waals surface area contributed by atoms with Gasteiger partial charge in [0.2, 0.25) is 0 Å². The molecule has 1 heterocycles. The average molecular weight is 341 g/mol. The molecule has 2 N–H and O–H groups in total. The molecule has 3 aromatic rings. The van der Waals surface area contributed by atoms with Gasteiger partial charge in [-0.05, 0) is 30.3 Å². The predicted octanol–water partition coefficient (Wildman–Crippen LogP) is 4.49. The zero-order valence-electron chi connectivity index (χ0n) is 13.2. The van der Waals surface area contributed by atoms with E-state index in [4.69, 9.17) is 16.3 Å². The Morgan fingerprint density at radius 2 is 1.75 bits per heavy atom. The summed E-state index contributed by atoms with van der Waals surface area (Å²) in [6.45, 7) is 0.613. The highest BCUT2D eigenvalue weighted by molar-refractivity contribution is 6.30. The molecule has 3 rings (SSSR count). The van der Waals surface area contributed by atoms with Gasteiger partial charge in [0.15, 0.2) is 0 Å². The largest absolute Gasteiger partial charge is 0.496 e. The Morgan fingerprint density at radius 1 is 1.00 bits per heavy atom. The molecule has 0 aliphatic heterocycles. The van der Waals surface area contributed by atoms with E-state index >= 15 is 0 Å². The van der Waals surface area contributed by atoms with Crippen LogP contribution in [0.15, 0.2) is 60.9 Å². The molecule has 1 aromatic heterocycles. The minimum Gasteiger partial charge on any atom is -0.496 e. The molecular formula is C18H17ClN4O. The first-order chi connectivity index (χ1) is 11.7. The van der Waals surface area contributed by atoms with Gasteiger partial charge in [0, 0.05) is 28.9 Å². The van der Waals surface area contributed by atoms with Gasteiger partial charge in [-0.2, -0.15) is 0 Å². The van der Waals surface area contributed by atoms with E-state index in [2.05, 4.69) is 20.6 Å². The first-order valence-corrected chi connectivity index (χ1v) is 7.83. The predicted molar refractivity (Wildman–Crippen MR) is 97.1 cm³/mol. The summed E-state index contributed by atoms with van der Waals surface area (Å²) >= 11 is 5.89. The van der Waals surface area contributed by atoms with E-state index in [1.165, 1.54) is 6.33 Å². The lowest BCUT2D eigenvalue weighted by atomic mass is 10.2. The van der Waals surface area contributed by atoms with E-state index in [1.807, 2.05) is 54.6 Å². The lowest BCUT2D eigenvalue weighted by molar-refractivity contribution is 0.410. The highest BCUT2D eigenvalue weighted by atomic mass is 35.5. The van der Waals surface area contributed by atoms with Gasteiger partial charge in [-0.25, -0.2) is 9.97 Å². The average Bonchev–Trinajstić information content (AvgIpc) is 2.62. The van der Waals surface area contributed by atoms with Gasteiger partial charge >= 0.3 is 0 Å². The summed E-state index contributed by atoms with van der Waals surface area (Å²) in [5.74, 6) is 2.28. The van der Waals surface area contributed by atoms with Crippen LogP contribution in [0.25, 0.3) is 0 Å². The standard InChI is InChI=1S/C18H17ClN4O/c1-24-16-5-3-2-4-13(16)11-20-17-10-18(22-12-21-17)23-15-8-6-14(19)7-9-15/h2-10,12H,11H2,1H3,(H2,20,21,22,23). The number of hydrogen-bond donors (Lipinski definition) is 2. The van der Waals surface area contributed by atoms with E-state index < -0.39 is 0 Å². The van der Waals surface area contributed by atoms with Crippen LogP contribution in [0.3, 0.4) is 0 Å². The van der Waals surface area contributed by atoms with Crippen LogP contribution in [-0.2, 0) is 6.54 Å². The number of methoxy groups -OCH3 is 1. The maximum atomic E-state index is 5.89. The van der Waals surface area contributed by atoms with Crippen LogP contribution >= 0.6 is 11.6 Å². The molecular weight excluding hydrogens is 324 g/mol. The normalized spacial score (nSPS) is 10.2. The van der Waals surface area contributed by atoms with Gasteiger partial charge in [-0.15, -0.1) is 0 Å². The Morgan fingerprint density at radius 3 is 2.54 bits per heavy atom. The van der Waals surface area contributed by atoms with E-state index in [0.717, 1.165) is 22.8 Å². The molecule has 0 saturated carbocycles. The Bertz CT molecular complexity index is 808. The van der Waals surface area contributed by atoms with Gasteiger partial charge < -0.3 is 15.4 Å². The van der Waals surface area contributed by atoms with Crippen LogP contribution in [0, 0.1) is 0 Å². The molecule has 0 saturated heterocycles. The van der Waals surface area contributed by atoms with Crippen LogP contribution < -0.4 is 15.4 Å². The monoisotopic (exact) mass is 340 g/mol. The van der Waals surface area contributed by atoms with Crippen LogP contribution in [0.5, 0.6) is 5.75 Å². The molecule has 0 unspecified atom stereocenters.